The molecule has 0 bridgehead atoms. The van der Waals surface area contributed by atoms with Crippen molar-refractivity contribution >= 4 is 11.6 Å². The van der Waals surface area contributed by atoms with Crippen LogP contribution in [0.15, 0.2) is 12.1 Å². The van der Waals surface area contributed by atoms with Gasteiger partial charge in [0, 0.05) is 36.7 Å². The molecule has 9 heteroatoms. The average Bonchev–Trinajstić information content (AvgIpc) is 3.28. The lowest BCUT2D eigenvalue weighted by atomic mass is 9.73. The molecule has 186 valence electrons. The summed E-state index contributed by atoms with van der Waals surface area (Å²) in [6.45, 7) is 4.21. The van der Waals surface area contributed by atoms with Crippen LogP contribution < -0.4 is 0 Å². The summed E-state index contributed by atoms with van der Waals surface area (Å²) in [4.78, 5) is 29.0. The van der Waals surface area contributed by atoms with Crippen molar-refractivity contribution in [1.82, 2.24) is 9.80 Å². The third-order valence-corrected chi connectivity index (χ3v) is 9.06. The van der Waals surface area contributed by atoms with Crippen molar-refractivity contribution in [2.24, 2.45) is 11.3 Å². The minimum Gasteiger partial charge on any atom is -0.334 e. The maximum Gasteiger partial charge on any atom is 0.416 e. The first-order valence-electron chi connectivity index (χ1n) is 12.5. The second-order valence-corrected chi connectivity index (χ2v) is 10.7. The topological polar surface area (TPSA) is 66.7 Å². The Hall–Kier alpha value is -2.16. The lowest BCUT2D eigenvalue weighted by Crippen LogP contribution is -2.41. The molecule has 0 aromatic heterocycles. The zero-order valence-corrected chi connectivity index (χ0v) is 19.6. The lowest BCUT2D eigenvalue weighted by molar-refractivity contribution is -0.386. The molecular weight excluding hydrogens is 447 g/mol. The van der Waals surface area contributed by atoms with Gasteiger partial charge < -0.3 is 9.80 Å². The van der Waals surface area contributed by atoms with Gasteiger partial charge in [0.2, 0.25) is 5.91 Å². The van der Waals surface area contributed by atoms with Crippen molar-refractivity contribution in [1.29, 1.82) is 0 Å². The van der Waals surface area contributed by atoms with Crippen LogP contribution in [0.2, 0.25) is 0 Å². The Kier molecular flexibility index (Phi) is 5.89. The highest BCUT2D eigenvalue weighted by Crippen LogP contribution is 2.56. The van der Waals surface area contributed by atoms with Crippen molar-refractivity contribution in [3.05, 3.63) is 38.9 Å². The van der Waals surface area contributed by atoms with Gasteiger partial charge in [0.25, 0.3) is 5.69 Å². The highest BCUT2D eigenvalue weighted by atomic mass is 19.4. The van der Waals surface area contributed by atoms with Gasteiger partial charge in [-0.25, -0.2) is 0 Å². The summed E-state index contributed by atoms with van der Waals surface area (Å²) in [6, 6.07) is 1.80. The monoisotopic (exact) mass is 479 g/mol. The van der Waals surface area contributed by atoms with E-state index in [2.05, 4.69) is 11.8 Å². The maximum absolute atomic E-state index is 13.8. The van der Waals surface area contributed by atoms with E-state index in [9.17, 15) is 28.1 Å². The summed E-state index contributed by atoms with van der Waals surface area (Å²) in [5.41, 5.74) is -1.40. The average molecular weight is 480 g/mol. The second-order valence-electron chi connectivity index (χ2n) is 10.7. The van der Waals surface area contributed by atoms with E-state index in [1.807, 2.05) is 0 Å². The van der Waals surface area contributed by atoms with Crippen LogP contribution >= 0.6 is 0 Å². The highest BCUT2D eigenvalue weighted by molar-refractivity contribution is 5.87. The summed E-state index contributed by atoms with van der Waals surface area (Å²) in [7, 11) is 0. The van der Waals surface area contributed by atoms with Gasteiger partial charge in [-0.2, -0.15) is 13.2 Å². The SMILES string of the molecule is CC1C2Cc3c(cc(C(F)(F)F)cc3[N+](=O)[O-])CN2C(=O)[C@]12CC[C@@H](N1CCCCCCC1)C2. The molecule has 34 heavy (non-hydrogen) atoms. The molecule has 1 saturated carbocycles. The third-order valence-electron chi connectivity index (χ3n) is 9.06. The van der Waals surface area contributed by atoms with E-state index in [0.29, 0.717) is 17.7 Å². The zero-order chi connectivity index (χ0) is 24.3. The molecule has 2 saturated heterocycles. The van der Waals surface area contributed by atoms with Gasteiger partial charge in [-0.1, -0.05) is 26.2 Å². The van der Waals surface area contributed by atoms with Crippen LogP contribution in [-0.2, 0) is 23.9 Å². The van der Waals surface area contributed by atoms with Gasteiger partial charge in [0.15, 0.2) is 0 Å². The van der Waals surface area contributed by atoms with Gasteiger partial charge in [-0.15, -0.1) is 0 Å². The van der Waals surface area contributed by atoms with Crippen LogP contribution in [0.25, 0.3) is 0 Å². The first kappa shape index (κ1) is 23.6. The van der Waals surface area contributed by atoms with E-state index in [1.54, 1.807) is 4.90 Å². The van der Waals surface area contributed by atoms with Gasteiger partial charge in [-0.3, -0.25) is 14.9 Å². The number of hydrogen-bond donors (Lipinski definition) is 0. The second kappa shape index (κ2) is 8.50. The standard InChI is InChI=1S/C25H32F3N3O3/c1-16-21-13-20-17(11-18(25(26,27)28)12-22(20)31(33)34)15-30(21)23(32)24(16)8-7-19(14-24)29-9-5-3-2-4-6-10-29/h11-12,16,19,21H,2-10,13-15H2,1H3/t16?,19-,21?,24+/m1/s1. The van der Waals surface area contributed by atoms with Gasteiger partial charge in [0.05, 0.1) is 15.9 Å². The molecule has 1 aromatic carbocycles. The van der Waals surface area contributed by atoms with Crippen molar-refractivity contribution < 1.29 is 22.9 Å². The number of alkyl halides is 3. The number of nitrogens with zero attached hydrogens (tertiary/aromatic N) is 3. The van der Waals surface area contributed by atoms with Crippen LogP contribution in [0.1, 0.15) is 75.0 Å². The van der Waals surface area contributed by atoms with E-state index >= 15 is 0 Å². The smallest absolute Gasteiger partial charge is 0.334 e. The molecule has 0 radical (unpaired) electrons. The molecule has 0 N–H and O–H groups in total. The number of benzene rings is 1. The van der Waals surface area contributed by atoms with Crippen molar-refractivity contribution in [3.8, 4) is 0 Å². The summed E-state index contributed by atoms with van der Waals surface area (Å²) < 4.78 is 40.2. The van der Waals surface area contributed by atoms with Gasteiger partial charge in [0.1, 0.15) is 0 Å². The number of fused-ring (bicyclic) bond motifs is 2. The number of nitro groups is 1. The van der Waals surface area contributed by atoms with Crippen molar-refractivity contribution in [2.75, 3.05) is 13.1 Å². The Morgan fingerprint density at radius 3 is 2.44 bits per heavy atom. The van der Waals surface area contributed by atoms with Crippen LogP contribution in [-0.4, -0.2) is 45.8 Å². The Morgan fingerprint density at radius 2 is 1.79 bits per heavy atom. The van der Waals surface area contributed by atoms with E-state index in [-0.39, 0.29) is 36.4 Å². The van der Waals surface area contributed by atoms with Gasteiger partial charge in [-0.05, 0) is 62.7 Å². The van der Waals surface area contributed by atoms with Crippen molar-refractivity contribution in [2.45, 2.75) is 89.5 Å². The fraction of sp³-hybridized carbons (Fsp3) is 0.720. The van der Waals surface area contributed by atoms with Crippen LogP contribution in [0.5, 0.6) is 0 Å². The summed E-state index contributed by atoms with van der Waals surface area (Å²) in [6.07, 6.45) is 4.24. The Bertz CT molecular complexity index is 990. The minimum atomic E-state index is -4.68. The highest BCUT2D eigenvalue weighted by Gasteiger charge is 2.61. The number of amides is 1. The molecule has 2 unspecified atom stereocenters. The largest absolute Gasteiger partial charge is 0.416 e. The van der Waals surface area contributed by atoms with E-state index in [1.165, 1.54) is 32.1 Å². The molecule has 1 aliphatic carbocycles. The fourth-order valence-electron chi connectivity index (χ4n) is 7.16. The number of hydrogen-bond acceptors (Lipinski definition) is 4. The van der Waals surface area contributed by atoms with E-state index in [0.717, 1.165) is 38.4 Å². The molecule has 1 spiro atoms. The van der Waals surface area contributed by atoms with Crippen molar-refractivity contribution in [3.63, 3.8) is 0 Å². The first-order valence-corrected chi connectivity index (χ1v) is 12.5. The normalized spacial score (nSPS) is 32.4. The molecule has 3 heterocycles. The summed E-state index contributed by atoms with van der Waals surface area (Å²) in [5, 5.41) is 11.7. The van der Waals surface area contributed by atoms with E-state index in [4.69, 9.17) is 0 Å². The molecule has 4 aliphatic rings. The first-order chi connectivity index (χ1) is 16.1. The van der Waals surface area contributed by atoms with Crippen LogP contribution in [0.3, 0.4) is 0 Å². The summed E-state index contributed by atoms with van der Waals surface area (Å²) >= 11 is 0. The molecule has 1 amide bonds. The number of carbonyl (C=O) groups is 1. The third kappa shape index (κ3) is 3.80. The Labute approximate surface area is 197 Å². The van der Waals surface area contributed by atoms with Crippen LogP contribution in [0, 0.1) is 21.4 Å². The molecule has 4 atom stereocenters. The number of rotatable bonds is 2. The number of halogens is 3. The molecule has 5 rings (SSSR count). The zero-order valence-electron chi connectivity index (χ0n) is 19.6. The maximum atomic E-state index is 13.8. The summed E-state index contributed by atoms with van der Waals surface area (Å²) in [5.74, 6) is 0.0417. The predicted octanol–water partition coefficient (Wildman–Crippen LogP) is 5.32. The Morgan fingerprint density at radius 1 is 1.12 bits per heavy atom. The minimum absolute atomic E-state index is 0.00908. The quantitative estimate of drug-likeness (QED) is 0.425. The van der Waals surface area contributed by atoms with Gasteiger partial charge >= 0.3 is 6.18 Å². The molecule has 6 nitrogen and oxygen atoms in total. The van der Waals surface area contributed by atoms with Crippen LogP contribution in [0.4, 0.5) is 18.9 Å². The molecule has 1 aromatic rings. The Balaban J connectivity index is 1.42. The lowest BCUT2D eigenvalue weighted by Gasteiger charge is -2.33. The molecule has 3 aliphatic heterocycles. The number of carbonyl (C=O) groups excluding carboxylic acids is 1. The molecule has 3 fully saturated rings. The number of nitro benzene ring substituents is 1. The fourth-order valence-corrected chi connectivity index (χ4v) is 7.16. The number of likely N-dealkylation sites (tertiary alicyclic amines) is 1. The predicted molar refractivity (Wildman–Crippen MR) is 120 cm³/mol. The van der Waals surface area contributed by atoms with E-state index < -0.39 is 27.8 Å². The molecular formula is C25H32F3N3O3.